The minimum absolute atomic E-state index is 0.222. The van der Waals surface area contributed by atoms with Crippen molar-refractivity contribution in [1.82, 2.24) is 13.7 Å². The fourth-order valence-electron chi connectivity index (χ4n) is 23.7. The summed E-state index contributed by atoms with van der Waals surface area (Å²) in [6.45, 7) is 35.5. The third kappa shape index (κ3) is 10.2. The molecule has 124 heavy (non-hydrogen) atoms. The molecule has 19 aromatic rings. The molecule has 16 aromatic carbocycles. The van der Waals surface area contributed by atoms with E-state index in [2.05, 4.69) is 393 Å². The van der Waals surface area contributed by atoms with Crippen LogP contribution in [-0.4, -0.2) is 33.8 Å². The number of nitrogens with one attached hydrogen (secondary N) is 1. The van der Waals surface area contributed by atoms with E-state index in [0.717, 1.165) is 146 Å². The SMILES string of the molecule is Cc1cc(C)c(N2c3cc4c(cc3B3c5cc(C)ccc5Oc5cc(-n6c7ccc(C)cc7c7cc(C)ccc76)cc2c53)B2c3cc5c(cc3N(c3c(C)cc(C)cc3C)c3cc(-n6c7ccc(C)cc7c7cc(C)ccc76)cc(c32)N4c2c(C)cc(C)cc2C)Nc2cc(-n3c4ccccc4c4cc(C)ccc43)cc3c2B5c2cc(C)ccc2O3)c(C)c1. The van der Waals surface area contributed by atoms with E-state index < -0.39 is 0 Å². The molecule has 0 spiro atoms. The normalized spacial score (nSPS) is 13.6. The number of anilines is 11. The van der Waals surface area contributed by atoms with Gasteiger partial charge in [-0.3, -0.25) is 0 Å². The van der Waals surface area contributed by atoms with Crippen LogP contribution in [0.5, 0.6) is 23.0 Å². The van der Waals surface area contributed by atoms with Crippen LogP contribution >= 0.6 is 0 Å². The van der Waals surface area contributed by atoms with E-state index in [1.807, 2.05) is 0 Å². The second-order valence-electron chi connectivity index (χ2n) is 37.2. The van der Waals surface area contributed by atoms with E-state index in [0.29, 0.717) is 0 Å². The summed E-state index contributed by atoms with van der Waals surface area (Å²) in [7, 11) is 0. The lowest BCUT2D eigenvalue weighted by molar-refractivity contribution is 0.487. The Morgan fingerprint density at radius 3 is 0.968 bits per heavy atom. The Kier molecular flexibility index (Phi) is 15.1. The van der Waals surface area contributed by atoms with Gasteiger partial charge in [0.05, 0.1) is 67.2 Å². The first-order valence-electron chi connectivity index (χ1n) is 43.9. The summed E-state index contributed by atoms with van der Waals surface area (Å²) in [5, 5.41) is 11.7. The average molecular weight is 1600 g/mol. The molecular formula is C112H90B3N7O2. The minimum Gasteiger partial charge on any atom is -0.458 e. The number of hydrogen-bond acceptors (Lipinski definition) is 6. The first-order valence-corrected chi connectivity index (χ1v) is 43.9. The third-order valence-corrected chi connectivity index (χ3v) is 28.3. The molecule has 0 saturated carbocycles. The average Bonchev–Trinajstić information content (AvgIpc) is 1.16. The number of fused-ring (bicyclic) bond motifs is 21. The predicted octanol–water partition coefficient (Wildman–Crippen LogP) is 23.1. The van der Waals surface area contributed by atoms with Crippen molar-refractivity contribution < 1.29 is 9.47 Å². The van der Waals surface area contributed by atoms with Crippen molar-refractivity contribution in [3.05, 3.63) is 338 Å². The Morgan fingerprint density at radius 1 is 0.218 bits per heavy atom. The summed E-state index contributed by atoms with van der Waals surface area (Å²) in [6, 6.07) is 97.2. The van der Waals surface area contributed by atoms with Gasteiger partial charge < -0.3 is 43.2 Å². The highest BCUT2D eigenvalue weighted by Gasteiger charge is 2.51. The van der Waals surface area contributed by atoms with Crippen LogP contribution in [-0.2, 0) is 0 Å². The predicted molar refractivity (Wildman–Crippen MR) is 526 cm³/mol. The van der Waals surface area contributed by atoms with Gasteiger partial charge in [0, 0.05) is 89.9 Å². The van der Waals surface area contributed by atoms with E-state index in [1.165, 1.54) is 160 Å². The van der Waals surface area contributed by atoms with Gasteiger partial charge in [0.15, 0.2) is 0 Å². The molecule has 0 amide bonds. The molecule has 12 heteroatoms. The topological polar surface area (TPSA) is 55.0 Å². The lowest BCUT2D eigenvalue weighted by atomic mass is 9.29. The maximum atomic E-state index is 7.67. The molecule has 1 N–H and O–H groups in total. The van der Waals surface area contributed by atoms with Crippen LogP contribution in [0.25, 0.3) is 82.5 Å². The molecule has 3 aromatic heterocycles. The maximum absolute atomic E-state index is 7.67. The zero-order valence-electron chi connectivity index (χ0n) is 72.9. The van der Waals surface area contributed by atoms with Crippen LogP contribution in [0.4, 0.5) is 62.6 Å². The number of rotatable bonds is 6. The Balaban J connectivity index is 0.831. The molecule has 0 radical (unpaired) electrons. The van der Waals surface area contributed by atoms with Gasteiger partial charge in [-0.1, -0.05) is 177 Å². The van der Waals surface area contributed by atoms with Crippen molar-refractivity contribution in [2.45, 2.75) is 111 Å². The van der Waals surface area contributed by atoms with Crippen molar-refractivity contribution in [3.63, 3.8) is 0 Å². The fourth-order valence-corrected chi connectivity index (χ4v) is 23.7. The van der Waals surface area contributed by atoms with Gasteiger partial charge >= 0.3 is 0 Å². The highest BCUT2D eigenvalue weighted by atomic mass is 16.5. The zero-order valence-corrected chi connectivity index (χ0v) is 72.9. The molecule has 0 fully saturated rings. The van der Waals surface area contributed by atoms with E-state index >= 15 is 0 Å². The van der Waals surface area contributed by atoms with Gasteiger partial charge in [-0.2, -0.15) is 0 Å². The van der Waals surface area contributed by atoms with Crippen molar-refractivity contribution in [1.29, 1.82) is 0 Å². The largest absolute Gasteiger partial charge is 0.458 e. The molecule has 0 atom stereocenters. The molecule has 6 aliphatic rings. The van der Waals surface area contributed by atoms with Gasteiger partial charge in [0.1, 0.15) is 23.0 Å². The fraction of sp³-hybridized carbons (Fsp3) is 0.143. The van der Waals surface area contributed by atoms with Crippen molar-refractivity contribution >= 4 is 197 Å². The van der Waals surface area contributed by atoms with Crippen LogP contribution in [0, 0.1) is 111 Å². The lowest BCUT2D eigenvalue weighted by Gasteiger charge is -2.48. The summed E-state index contributed by atoms with van der Waals surface area (Å²) in [6.07, 6.45) is 0. The van der Waals surface area contributed by atoms with Crippen LogP contribution in [0.1, 0.15) is 89.0 Å². The third-order valence-electron chi connectivity index (χ3n) is 28.3. The Labute approximate surface area is 724 Å². The summed E-state index contributed by atoms with van der Waals surface area (Å²) in [4.78, 5) is 8.12. The second-order valence-corrected chi connectivity index (χ2v) is 37.2. The number of ether oxygens (including phenoxy) is 2. The Bertz CT molecular complexity index is 7990. The molecule has 0 aliphatic carbocycles. The van der Waals surface area contributed by atoms with Crippen LogP contribution in [0.3, 0.4) is 0 Å². The summed E-state index contributed by atoms with van der Waals surface area (Å²) < 4.78 is 22.6. The van der Waals surface area contributed by atoms with Gasteiger partial charge in [0.2, 0.25) is 0 Å². The quantitative estimate of drug-likeness (QED) is 0.167. The van der Waals surface area contributed by atoms with Crippen molar-refractivity contribution in [2.24, 2.45) is 0 Å². The van der Waals surface area contributed by atoms with Crippen LogP contribution in [0.15, 0.2) is 249 Å². The van der Waals surface area contributed by atoms with Gasteiger partial charge in [0.25, 0.3) is 20.1 Å². The number of hydrogen-bond donors (Lipinski definition) is 1. The monoisotopic (exact) mass is 1600 g/mol. The van der Waals surface area contributed by atoms with E-state index in [-0.39, 0.29) is 20.1 Å². The molecule has 25 rings (SSSR count). The van der Waals surface area contributed by atoms with E-state index in [4.69, 9.17) is 9.47 Å². The molecule has 594 valence electrons. The minimum atomic E-state index is -0.356. The van der Waals surface area contributed by atoms with E-state index in [9.17, 15) is 0 Å². The van der Waals surface area contributed by atoms with Gasteiger partial charge in [-0.05, 0) is 309 Å². The summed E-state index contributed by atoms with van der Waals surface area (Å²) in [5.41, 5.74) is 52.5. The molecular weight excluding hydrogens is 1510 g/mol. The first kappa shape index (κ1) is 72.7. The standard InChI is InChI=1S/C112H90B3N7O2/c1-58-21-28-92-78(41-58)77-19-17-18-20-91(77)117(92)74-48-90-107-105(52-74)123-103-33-26-63(6)46-87(103)113(107)83-54-84-97(56-89(83)116-90)120(110-68(11)35-65(8)36-69(110)12)100-49-75(118-93-29-22-59(2)42-79(93)80-43-60(3)23-30-94(80)118)50-101-108(100)114(84)85-55-86-99(57-98(85)121(101)111-70(13)37-66(9)38-71(111)14)122(112-72(15)39-67(10)40-73(112)16)102-51-76(53-106-109(102)115(86)88-47-64(7)27-34-104(88)124-106)119-95-31-24-61(4)44-81(95)82-45-62(5)25-32-96(82)119/h17-57,116H,1-16H3. The zero-order chi connectivity index (χ0) is 84.1. The molecule has 6 aliphatic heterocycles. The Morgan fingerprint density at radius 2 is 0.540 bits per heavy atom. The lowest BCUT2D eigenvalue weighted by Crippen LogP contribution is -2.66. The molecule has 0 unspecified atom stereocenters. The molecule has 0 bridgehead atoms. The van der Waals surface area contributed by atoms with Crippen molar-refractivity contribution in [2.75, 3.05) is 20.0 Å². The Hall–Kier alpha value is -14.1. The molecule has 9 heterocycles. The number of para-hydroxylation sites is 1. The first-order chi connectivity index (χ1) is 60.0. The van der Waals surface area contributed by atoms with Gasteiger partial charge in [-0.15, -0.1) is 0 Å². The second kappa shape index (κ2) is 25.8. The number of aromatic nitrogens is 3. The number of benzene rings is 16. The molecule has 9 nitrogen and oxygen atoms in total. The number of nitrogens with zero attached hydrogens (tertiary/aromatic N) is 6. The van der Waals surface area contributed by atoms with Crippen LogP contribution < -0.4 is 78.7 Å². The smallest absolute Gasteiger partial charge is 0.256 e. The highest BCUT2D eigenvalue weighted by Crippen LogP contribution is 2.54. The van der Waals surface area contributed by atoms with Gasteiger partial charge in [-0.25, -0.2) is 0 Å². The van der Waals surface area contributed by atoms with Crippen molar-refractivity contribution in [3.8, 4) is 40.1 Å². The van der Waals surface area contributed by atoms with Crippen LogP contribution in [0.2, 0.25) is 0 Å². The maximum Gasteiger partial charge on any atom is 0.256 e. The summed E-state index contributed by atoms with van der Waals surface area (Å²) >= 11 is 0. The number of aryl methyl sites for hydroxylation is 16. The molecule has 0 saturated heterocycles. The van der Waals surface area contributed by atoms with E-state index in [1.54, 1.807) is 0 Å². The highest BCUT2D eigenvalue weighted by molar-refractivity contribution is 7.04. The summed E-state index contributed by atoms with van der Waals surface area (Å²) in [5.74, 6) is 3.44.